The average Bonchev–Trinajstić information content (AvgIpc) is 2.69. The largest absolute Gasteiger partial charge is 0.450 e. The lowest BCUT2D eigenvalue weighted by Gasteiger charge is -2.20. The van der Waals surface area contributed by atoms with Crippen LogP contribution in [0.4, 0.5) is 0 Å². The number of thioether (sulfide) groups is 1. The first-order chi connectivity index (χ1) is 9.27. The van der Waals surface area contributed by atoms with Gasteiger partial charge in [0.25, 0.3) is 0 Å². The minimum Gasteiger partial charge on any atom is -0.450 e. The fourth-order valence-electron chi connectivity index (χ4n) is 2.35. The number of cyclic esters (lactones) is 1. The second-order valence-electron chi connectivity index (χ2n) is 6.71. The van der Waals surface area contributed by atoms with Crippen molar-refractivity contribution < 1.29 is 9.53 Å². The van der Waals surface area contributed by atoms with Crippen LogP contribution in [0.1, 0.15) is 45.7 Å². The van der Waals surface area contributed by atoms with E-state index in [-0.39, 0.29) is 22.1 Å². The van der Waals surface area contributed by atoms with Crippen molar-refractivity contribution >= 4 is 17.7 Å². The van der Waals surface area contributed by atoms with E-state index in [9.17, 15) is 4.79 Å². The van der Waals surface area contributed by atoms with Gasteiger partial charge in [0.1, 0.15) is 5.25 Å². The summed E-state index contributed by atoms with van der Waals surface area (Å²) in [5, 5.41) is -0.0225. The number of hydrogen-bond acceptors (Lipinski definition) is 3. The number of carbonyl (C=O) groups excluding carboxylic acids is 1. The maximum atomic E-state index is 11.5. The Kier molecular flexibility index (Phi) is 4.48. The zero-order valence-electron chi connectivity index (χ0n) is 13.0. The average molecular weight is 292 g/mol. The Hall–Kier alpha value is -0.960. The van der Waals surface area contributed by atoms with E-state index < -0.39 is 0 Å². The van der Waals surface area contributed by atoms with Crippen LogP contribution in [-0.2, 0) is 21.4 Å². The monoisotopic (exact) mass is 292 g/mol. The molecule has 1 aromatic carbocycles. The molecule has 3 atom stereocenters. The minimum absolute atomic E-state index is 0.000192. The van der Waals surface area contributed by atoms with Crippen LogP contribution in [-0.4, -0.2) is 16.7 Å². The number of ether oxygens (including phenoxy) is 1. The molecular weight excluding hydrogens is 268 g/mol. The summed E-state index contributed by atoms with van der Waals surface area (Å²) in [6.07, 6.45) is 0.947. The van der Waals surface area contributed by atoms with Crippen molar-refractivity contribution in [3.05, 3.63) is 35.4 Å². The van der Waals surface area contributed by atoms with E-state index in [0.717, 1.165) is 6.42 Å². The summed E-state index contributed by atoms with van der Waals surface area (Å²) >= 11 is 1.64. The van der Waals surface area contributed by atoms with Gasteiger partial charge in [-0.1, -0.05) is 52.0 Å². The molecule has 0 radical (unpaired) electrons. The van der Waals surface area contributed by atoms with Gasteiger partial charge in [-0.25, -0.2) is 0 Å². The number of esters is 1. The first-order valence-corrected chi connectivity index (χ1v) is 8.17. The highest BCUT2D eigenvalue weighted by atomic mass is 32.2. The molecule has 0 amide bonds. The van der Waals surface area contributed by atoms with E-state index in [1.54, 1.807) is 11.8 Å². The first kappa shape index (κ1) is 15.4. The first-order valence-electron chi connectivity index (χ1n) is 7.23. The smallest absolute Gasteiger partial charge is 0.320 e. The van der Waals surface area contributed by atoms with Crippen molar-refractivity contribution in [2.45, 2.75) is 57.1 Å². The fourth-order valence-corrected chi connectivity index (χ4v) is 3.44. The van der Waals surface area contributed by atoms with Crippen molar-refractivity contribution in [3.8, 4) is 0 Å². The van der Waals surface area contributed by atoms with Crippen LogP contribution >= 0.6 is 11.8 Å². The van der Waals surface area contributed by atoms with Gasteiger partial charge in [-0.15, -0.1) is 11.8 Å². The lowest BCUT2D eigenvalue weighted by Crippen LogP contribution is -2.17. The van der Waals surface area contributed by atoms with Crippen molar-refractivity contribution in [2.24, 2.45) is 5.92 Å². The summed E-state index contributed by atoms with van der Waals surface area (Å²) in [6.45, 7) is 10.7. The summed E-state index contributed by atoms with van der Waals surface area (Å²) in [7, 11) is 0. The van der Waals surface area contributed by atoms with Gasteiger partial charge in [0, 0.05) is 5.92 Å². The molecule has 1 aromatic rings. The normalized spacial score (nSPS) is 24.6. The minimum atomic E-state index is -0.0741. The van der Waals surface area contributed by atoms with E-state index in [2.05, 4.69) is 52.0 Å². The summed E-state index contributed by atoms with van der Waals surface area (Å²) in [4.78, 5) is 11.5. The Bertz CT molecular complexity index is 473. The standard InChI is InChI=1S/C17H24O2S/c1-11(16-19-15(18)12(2)20-16)10-13-6-8-14(9-7-13)17(3,4)5/h6-9,11-12,16H,10H2,1-5H3. The Morgan fingerprint density at radius 3 is 2.30 bits per heavy atom. The summed E-state index contributed by atoms with van der Waals surface area (Å²) in [6, 6.07) is 8.81. The van der Waals surface area contributed by atoms with Gasteiger partial charge in [0.2, 0.25) is 0 Å². The molecule has 0 aliphatic carbocycles. The molecule has 0 aromatic heterocycles. The molecular formula is C17H24O2S. The maximum Gasteiger partial charge on any atom is 0.320 e. The third kappa shape index (κ3) is 3.57. The number of benzene rings is 1. The molecule has 1 saturated heterocycles. The number of hydrogen-bond donors (Lipinski definition) is 0. The lowest BCUT2D eigenvalue weighted by molar-refractivity contribution is -0.143. The Labute approximate surface area is 126 Å². The van der Waals surface area contributed by atoms with E-state index in [1.807, 2.05) is 6.92 Å². The molecule has 2 rings (SSSR count). The number of carbonyl (C=O) groups is 1. The van der Waals surface area contributed by atoms with Crippen molar-refractivity contribution in [1.82, 2.24) is 0 Å². The molecule has 2 nitrogen and oxygen atoms in total. The van der Waals surface area contributed by atoms with Crippen LogP contribution in [0.25, 0.3) is 0 Å². The van der Waals surface area contributed by atoms with Crippen LogP contribution < -0.4 is 0 Å². The molecule has 1 fully saturated rings. The molecule has 1 aliphatic heterocycles. The molecule has 0 N–H and O–H groups in total. The summed E-state index contributed by atoms with van der Waals surface area (Å²) in [5.41, 5.74) is 2.85. The topological polar surface area (TPSA) is 26.3 Å². The third-order valence-electron chi connectivity index (χ3n) is 3.74. The summed E-state index contributed by atoms with van der Waals surface area (Å²) < 4.78 is 5.41. The predicted octanol–water partition coefficient (Wildman–Crippen LogP) is 4.17. The van der Waals surface area contributed by atoms with E-state index in [4.69, 9.17) is 4.74 Å². The van der Waals surface area contributed by atoms with Gasteiger partial charge >= 0.3 is 5.97 Å². The van der Waals surface area contributed by atoms with Gasteiger partial charge in [0.15, 0.2) is 5.44 Å². The van der Waals surface area contributed by atoms with E-state index >= 15 is 0 Å². The van der Waals surface area contributed by atoms with Crippen molar-refractivity contribution in [3.63, 3.8) is 0 Å². The zero-order chi connectivity index (χ0) is 14.9. The van der Waals surface area contributed by atoms with Gasteiger partial charge < -0.3 is 4.74 Å². The van der Waals surface area contributed by atoms with Gasteiger partial charge in [-0.2, -0.15) is 0 Å². The van der Waals surface area contributed by atoms with Crippen LogP contribution in [0, 0.1) is 5.92 Å². The van der Waals surface area contributed by atoms with Crippen LogP contribution in [0.2, 0.25) is 0 Å². The highest BCUT2D eigenvalue weighted by molar-refractivity contribution is 8.01. The summed E-state index contributed by atoms with van der Waals surface area (Å²) in [5.74, 6) is 0.268. The van der Waals surface area contributed by atoms with E-state index in [1.165, 1.54) is 11.1 Å². The predicted molar refractivity (Wildman–Crippen MR) is 84.9 cm³/mol. The molecule has 0 bridgehead atoms. The van der Waals surface area contributed by atoms with Gasteiger partial charge in [0.05, 0.1) is 0 Å². The highest BCUT2D eigenvalue weighted by Gasteiger charge is 2.35. The van der Waals surface area contributed by atoms with Crippen molar-refractivity contribution in [1.29, 1.82) is 0 Å². The molecule has 3 unspecified atom stereocenters. The molecule has 0 spiro atoms. The molecule has 1 heterocycles. The van der Waals surface area contributed by atoms with Gasteiger partial charge in [-0.05, 0) is 29.9 Å². The molecule has 0 saturated carbocycles. The van der Waals surface area contributed by atoms with Gasteiger partial charge in [-0.3, -0.25) is 4.79 Å². The van der Waals surface area contributed by atoms with Crippen LogP contribution in [0.3, 0.4) is 0 Å². The second-order valence-corrected chi connectivity index (χ2v) is 8.16. The SMILES string of the molecule is CC1SC(C(C)Cc2ccc(C(C)(C)C)cc2)OC1=O. The Morgan fingerprint density at radius 2 is 1.85 bits per heavy atom. The van der Waals surface area contributed by atoms with E-state index in [0.29, 0.717) is 5.92 Å². The van der Waals surface area contributed by atoms with Crippen LogP contribution in [0.15, 0.2) is 24.3 Å². The lowest BCUT2D eigenvalue weighted by atomic mass is 9.86. The van der Waals surface area contributed by atoms with Crippen LogP contribution in [0.5, 0.6) is 0 Å². The fraction of sp³-hybridized carbons (Fsp3) is 0.588. The maximum absolute atomic E-state index is 11.5. The van der Waals surface area contributed by atoms with Crippen molar-refractivity contribution in [2.75, 3.05) is 0 Å². The molecule has 3 heteroatoms. The molecule has 20 heavy (non-hydrogen) atoms. The number of rotatable bonds is 3. The Morgan fingerprint density at radius 1 is 1.25 bits per heavy atom. The third-order valence-corrected chi connectivity index (χ3v) is 5.17. The zero-order valence-corrected chi connectivity index (χ0v) is 13.8. The highest BCUT2D eigenvalue weighted by Crippen LogP contribution is 2.34. The Balaban J connectivity index is 1.98. The quantitative estimate of drug-likeness (QED) is 0.782. The second kappa shape index (κ2) is 5.80. The molecule has 1 aliphatic rings. The molecule has 110 valence electrons.